The average molecular weight is 157 g/mol. The molecule has 0 radical (unpaired) electrons. The summed E-state index contributed by atoms with van der Waals surface area (Å²) in [5.41, 5.74) is 0. The lowest BCUT2D eigenvalue weighted by molar-refractivity contribution is -0.106. The van der Waals surface area contributed by atoms with Crippen LogP contribution in [0.25, 0.3) is 0 Å². The van der Waals surface area contributed by atoms with Gasteiger partial charge in [-0.3, -0.25) is 0 Å². The minimum absolute atomic E-state index is 0.750. The van der Waals surface area contributed by atoms with Gasteiger partial charge < -0.3 is 10.1 Å². The normalized spacial score (nSPS) is 29.0. The van der Waals surface area contributed by atoms with Crippen LogP contribution in [0.2, 0.25) is 0 Å². The van der Waals surface area contributed by atoms with Crippen molar-refractivity contribution in [2.45, 2.75) is 39.7 Å². The third kappa shape index (κ3) is 4.96. The molecule has 1 fully saturated rings. The molecular formula is C9H19NO. The zero-order chi connectivity index (χ0) is 8.69. The molecule has 1 aliphatic rings. The van der Waals surface area contributed by atoms with Gasteiger partial charge in [0.15, 0.2) is 0 Å². The van der Waals surface area contributed by atoms with Crippen molar-refractivity contribution in [2.75, 3.05) is 6.54 Å². The first-order valence-electron chi connectivity index (χ1n) is 4.37. The zero-order valence-electron chi connectivity index (χ0n) is 7.76. The van der Waals surface area contributed by atoms with Gasteiger partial charge in [-0.05, 0) is 32.7 Å². The van der Waals surface area contributed by atoms with Gasteiger partial charge in [-0.2, -0.15) is 0 Å². The molecule has 2 heteroatoms. The molecule has 0 spiro atoms. The third-order valence-electron chi connectivity index (χ3n) is 2.02. The van der Waals surface area contributed by atoms with E-state index < -0.39 is 0 Å². The summed E-state index contributed by atoms with van der Waals surface area (Å²) in [7, 11) is 0. The molecule has 1 heterocycles. The summed E-state index contributed by atoms with van der Waals surface area (Å²) < 4.78 is 0. The maximum absolute atomic E-state index is 8.81. The number of rotatable bonds is 1. The van der Waals surface area contributed by atoms with E-state index >= 15 is 0 Å². The summed E-state index contributed by atoms with van der Waals surface area (Å²) in [5.74, 6) is 0.963. The molecular weight excluding hydrogens is 138 g/mol. The van der Waals surface area contributed by atoms with Crippen LogP contribution in [0.15, 0.2) is 0 Å². The first kappa shape index (κ1) is 10.6. The Bertz CT molecular complexity index is 104. The van der Waals surface area contributed by atoms with E-state index in [0.29, 0.717) is 0 Å². The SMILES string of the molecule is CC=O.CCC1CNC(C)C1. The fraction of sp³-hybridized carbons (Fsp3) is 0.889. The average Bonchev–Trinajstić information content (AvgIpc) is 2.37. The molecule has 2 atom stereocenters. The Morgan fingerprint density at radius 2 is 2.18 bits per heavy atom. The molecule has 0 aliphatic carbocycles. The summed E-state index contributed by atoms with van der Waals surface area (Å²) in [6.45, 7) is 7.22. The van der Waals surface area contributed by atoms with Gasteiger partial charge in [-0.25, -0.2) is 0 Å². The highest BCUT2D eigenvalue weighted by Crippen LogP contribution is 2.15. The minimum atomic E-state index is 0.750. The van der Waals surface area contributed by atoms with Crippen LogP contribution in [-0.2, 0) is 4.79 Å². The second kappa shape index (κ2) is 6.35. The van der Waals surface area contributed by atoms with E-state index in [-0.39, 0.29) is 0 Å². The Morgan fingerprint density at radius 3 is 2.36 bits per heavy atom. The molecule has 11 heavy (non-hydrogen) atoms. The quantitative estimate of drug-likeness (QED) is 0.586. The maximum atomic E-state index is 8.81. The monoisotopic (exact) mass is 157 g/mol. The van der Waals surface area contributed by atoms with Crippen LogP contribution in [0.3, 0.4) is 0 Å². The van der Waals surface area contributed by atoms with Crippen LogP contribution < -0.4 is 5.32 Å². The number of nitrogens with one attached hydrogen (secondary N) is 1. The van der Waals surface area contributed by atoms with Crippen molar-refractivity contribution < 1.29 is 4.79 Å². The molecule has 0 bridgehead atoms. The number of carbonyl (C=O) groups excluding carboxylic acids is 1. The molecule has 66 valence electrons. The maximum Gasteiger partial charge on any atom is 0.116 e. The molecule has 2 nitrogen and oxygen atoms in total. The molecule has 1 rings (SSSR count). The fourth-order valence-electron chi connectivity index (χ4n) is 1.35. The smallest absolute Gasteiger partial charge is 0.116 e. The fourth-order valence-corrected chi connectivity index (χ4v) is 1.35. The number of aldehydes is 1. The van der Waals surface area contributed by atoms with Crippen LogP contribution >= 0.6 is 0 Å². The molecule has 0 aromatic heterocycles. The van der Waals surface area contributed by atoms with Crippen LogP contribution in [0.4, 0.5) is 0 Å². The Kier molecular flexibility index (Phi) is 6.13. The second-order valence-corrected chi connectivity index (χ2v) is 3.05. The van der Waals surface area contributed by atoms with Crippen molar-refractivity contribution in [1.82, 2.24) is 5.32 Å². The third-order valence-corrected chi connectivity index (χ3v) is 2.02. The standard InChI is InChI=1S/C7H15N.C2H4O/c1-3-7-4-6(2)8-5-7;1-2-3/h6-8H,3-5H2,1-2H3;2H,1H3. The largest absolute Gasteiger partial charge is 0.314 e. The topological polar surface area (TPSA) is 29.1 Å². The zero-order valence-corrected chi connectivity index (χ0v) is 7.76. The highest BCUT2D eigenvalue weighted by Gasteiger charge is 2.17. The van der Waals surface area contributed by atoms with E-state index in [2.05, 4.69) is 19.2 Å². The van der Waals surface area contributed by atoms with Crippen molar-refractivity contribution in [2.24, 2.45) is 5.92 Å². The van der Waals surface area contributed by atoms with Crippen molar-refractivity contribution in [3.05, 3.63) is 0 Å². The van der Waals surface area contributed by atoms with Crippen LogP contribution in [0.5, 0.6) is 0 Å². The van der Waals surface area contributed by atoms with Gasteiger partial charge in [0.2, 0.25) is 0 Å². The van der Waals surface area contributed by atoms with Gasteiger partial charge in [0.05, 0.1) is 0 Å². The molecule has 0 aromatic rings. The summed E-state index contributed by atoms with van der Waals surface area (Å²) >= 11 is 0. The lowest BCUT2D eigenvalue weighted by Gasteiger charge is -2.00. The van der Waals surface area contributed by atoms with Crippen LogP contribution in [0, 0.1) is 5.92 Å². The summed E-state index contributed by atoms with van der Waals surface area (Å²) in [6, 6.07) is 0.778. The van der Waals surface area contributed by atoms with Gasteiger partial charge in [-0.1, -0.05) is 13.3 Å². The van der Waals surface area contributed by atoms with E-state index in [1.807, 2.05) is 0 Å². The van der Waals surface area contributed by atoms with Crippen molar-refractivity contribution >= 4 is 6.29 Å². The molecule has 1 saturated heterocycles. The molecule has 1 N–H and O–H groups in total. The summed E-state index contributed by atoms with van der Waals surface area (Å²) in [5, 5.41) is 3.42. The highest BCUT2D eigenvalue weighted by molar-refractivity contribution is 5.44. The summed E-state index contributed by atoms with van der Waals surface area (Å²) in [6.07, 6.45) is 3.48. The van der Waals surface area contributed by atoms with Crippen molar-refractivity contribution in [3.63, 3.8) is 0 Å². The number of carbonyl (C=O) groups is 1. The Hall–Kier alpha value is -0.370. The Labute approximate surface area is 69.4 Å². The van der Waals surface area contributed by atoms with Gasteiger partial charge in [0.25, 0.3) is 0 Å². The van der Waals surface area contributed by atoms with E-state index in [4.69, 9.17) is 4.79 Å². The lowest BCUT2D eigenvalue weighted by Crippen LogP contribution is -2.16. The number of hydrogen-bond acceptors (Lipinski definition) is 2. The predicted octanol–water partition coefficient (Wildman–Crippen LogP) is 1.60. The molecule has 1 aliphatic heterocycles. The van der Waals surface area contributed by atoms with Gasteiger partial charge in [0.1, 0.15) is 6.29 Å². The molecule has 0 saturated carbocycles. The highest BCUT2D eigenvalue weighted by atomic mass is 16.1. The first-order chi connectivity index (χ1) is 5.24. The van der Waals surface area contributed by atoms with E-state index in [1.165, 1.54) is 26.3 Å². The van der Waals surface area contributed by atoms with E-state index in [0.717, 1.165) is 18.2 Å². The molecule has 2 unspecified atom stereocenters. The molecule has 0 amide bonds. The van der Waals surface area contributed by atoms with Gasteiger partial charge >= 0.3 is 0 Å². The second-order valence-electron chi connectivity index (χ2n) is 3.05. The van der Waals surface area contributed by atoms with Crippen molar-refractivity contribution in [1.29, 1.82) is 0 Å². The van der Waals surface area contributed by atoms with E-state index in [9.17, 15) is 0 Å². The van der Waals surface area contributed by atoms with Crippen LogP contribution in [0.1, 0.15) is 33.6 Å². The molecule has 0 aromatic carbocycles. The predicted molar refractivity (Wildman–Crippen MR) is 47.6 cm³/mol. The first-order valence-corrected chi connectivity index (χ1v) is 4.37. The van der Waals surface area contributed by atoms with Crippen LogP contribution in [-0.4, -0.2) is 18.9 Å². The van der Waals surface area contributed by atoms with Crippen molar-refractivity contribution in [3.8, 4) is 0 Å². The number of hydrogen-bond donors (Lipinski definition) is 1. The van der Waals surface area contributed by atoms with Gasteiger partial charge in [-0.15, -0.1) is 0 Å². The lowest BCUT2D eigenvalue weighted by atomic mass is 10.0. The van der Waals surface area contributed by atoms with E-state index in [1.54, 1.807) is 0 Å². The summed E-state index contributed by atoms with van der Waals surface area (Å²) in [4.78, 5) is 8.81. The van der Waals surface area contributed by atoms with Gasteiger partial charge in [0, 0.05) is 6.04 Å². The Morgan fingerprint density at radius 1 is 1.64 bits per heavy atom. The minimum Gasteiger partial charge on any atom is -0.314 e. The Balaban J connectivity index is 0.000000292.